The summed E-state index contributed by atoms with van der Waals surface area (Å²) in [5.74, 6) is 0.0629. The first kappa shape index (κ1) is 17.6. The Morgan fingerprint density at radius 3 is 2.28 bits per heavy atom. The minimum absolute atomic E-state index is 0.0247. The van der Waals surface area contributed by atoms with Gasteiger partial charge in [-0.2, -0.15) is 0 Å². The van der Waals surface area contributed by atoms with Gasteiger partial charge in [0.1, 0.15) is 0 Å². The van der Waals surface area contributed by atoms with Gasteiger partial charge < -0.3 is 10.1 Å². The van der Waals surface area contributed by atoms with Gasteiger partial charge in [-0.1, -0.05) is 60.7 Å². The van der Waals surface area contributed by atoms with Crippen molar-refractivity contribution in [3.63, 3.8) is 0 Å². The molecule has 0 spiro atoms. The number of amides is 1. The number of nitrogens with one attached hydrogen (secondary N) is 1. The van der Waals surface area contributed by atoms with Crippen LogP contribution in [-0.4, -0.2) is 43.2 Å². The summed E-state index contributed by atoms with van der Waals surface area (Å²) in [6, 6.07) is 20.5. The molecule has 1 aliphatic rings. The first-order valence-electron chi connectivity index (χ1n) is 8.94. The molecule has 0 aromatic heterocycles. The van der Waals surface area contributed by atoms with Crippen LogP contribution in [0.15, 0.2) is 60.7 Å². The molecule has 4 nitrogen and oxygen atoms in total. The normalized spacial score (nSPS) is 17.6. The molecule has 0 unspecified atom stereocenters. The highest BCUT2D eigenvalue weighted by atomic mass is 16.5. The summed E-state index contributed by atoms with van der Waals surface area (Å²) < 4.78 is 5.50. The van der Waals surface area contributed by atoms with Crippen LogP contribution < -0.4 is 5.32 Å². The summed E-state index contributed by atoms with van der Waals surface area (Å²) in [5.41, 5.74) is 2.27. The maximum Gasteiger partial charge on any atom is 0.224 e. The fourth-order valence-electron chi connectivity index (χ4n) is 3.49. The van der Waals surface area contributed by atoms with Gasteiger partial charge in [0, 0.05) is 19.1 Å². The molecule has 0 radical (unpaired) electrons. The first-order chi connectivity index (χ1) is 12.2. The lowest BCUT2D eigenvalue weighted by atomic mass is 9.97. The molecule has 132 valence electrons. The molecular formula is C21H26N2O2. The van der Waals surface area contributed by atoms with Crippen molar-refractivity contribution in [1.29, 1.82) is 0 Å². The molecule has 1 N–H and O–H groups in total. The Morgan fingerprint density at radius 2 is 1.64 bits per heavy atom. The fourth-order valence-corrected chi connectivity index (χ4v) is 3.49. The summed E-state index contributed by atoms with van der Waals surface area (Å²) in [5, 5.41) is 3.20. The Balaban J connectivity index is 1.70. The van der Waals surface area contributed by atoms with E-state index < -0.39 is 0 Å². The molecule has 0 aliphatic carbocycles. The standard InChI is InChI=1S/C21H26N2O2/c1-17(22-20(24)16-18-8-4-2-5-9-18)21(19-10-6-3-7-11-19)23-12-14-25-15-13-23/h2-11,17,21H,12-16H2,1H3,(H,22,24)/t17-,21+/m1/s1. The van der Waals surface area contributed by atoms with E-state index in [1.165, 1.54) is 5.56 Å². The molecular weight excluding hydrogens is 312 g/mol. The van der Waals surface area contributed by atoms with Crippen molar-refractivity contribution in [3.8, 4) is 0 Å². The number of hydrogen-bond donors (Lipinski definition) is 1. The average molecular weight is 338 g/mol. The van der Waals surface area contributed by atoms with Crippen molar-refractivity contribution >= 4 is 5.91 Å². The minimum atomic E-state index is 0.0247. The SMILES string of the molecule is C[C@@H](NC(=O)Cc1ccccc1)[C@@H](c1ccccc1)N1CCOCC1. The Morgan fingerprint density at radius 1 is 1.04 bits per heavy atom. The van der Waals surface area contributed by atoms with E-state index >= 15 is 0 Å². The molecule has 3 rings (SSSR count). The molecule has 2 atom stereocenters. The van der Waals surface area contributed by atoms with Gasteiger partial charge in [0.05, 0.1) is 25.7 Å². The summed E-state index contributed by atoms with van der Waals surface area (Å²) in [6.07, 6.45) is 0.413. The second kappa shape index (κ2) is 8.79. The van der Waals surface area contributed by atoms with Gasteiger partial charge in [-0.25, -0.2) is 0 Å². The maximum atomic E-state index is 12.5. The monoisotopic (exact) mass is 338 g/mol. The van der Waals surface area contributed by atoms with Gasteiger partial charge >= 0.3 is 0 Å². The number of morpholine rings is 1. The lowest BCUT2D eigenvalue weighted by Crippen LogP contribution is -2.48. The smallest absolute Gasteiger partial charge is 0.224 e. The summed E-state index contributed by atoms with van der Waals surface area (Å²) >= 11 is 0. The van der Waals surface area contributed by atoms with E-state index in [4.69, 9.17) is 4.74 Å². The summed E-state index contributed by atoms with van der Waals surface area (Å²) in [6.45, 7) is 5.36. The molecule has 2 aromatic carbocycles. The molecule has 1 heterocycles. The largest absolute Gasteiger partial charge is 0.379 e. The number of ether oxygens (including phenoxy) is 1. The molecule has 1 aliphatic heterocycles. The van der Waals surface area contributed by atoms with Crippen LogP contribution in [0.3, 0.4) is 0 Å². The van der Waals surface area contributed by atoms with Gasteiger partial charge in [-0.3, -0.25) is 9.69 Å². The van der Waals surface area contributed by atoms with Crippen LogP contribution in [0.5, 0.6) is 0 Å². The molecule has 2 aromatic rings. The van der Waals surface area contributed by atoms with Crippen molar-refractivity contribution in [2.75, 3.05) is 26.3 Å². The number of nitrogens with zero attached hydrogens (tertiary/aromatic N) is 1. The third-order valence-corrected chi connectivity index (χ3v) is 4.65. The maximum absolute atomic E-state index is 12.5. The second-order valence-electron chi connectivity index (χ2n) is 6.52. The van der Waals surface area contributed by atoms with Crippen LogP contribution in [0.2, 0.25) is 0 Å². The predicted molar refractivity (Wildman–Crippen MR) is 99.3 cm³/mol. The van der Waals surface area contributed by atoms with Gasteiger partial charge in [0.15, 0.2) is 0 Å². The van der Waals surface area contributed by atoms with Crippen LogP contribution in [-0.2, 0) is 16.0 Å². The lowest BCUT2D eigenvalue weighted by molar-refractivity contribution is -0.121. The summed E-state index contributed by atoms with van der Waals surface area (Å²) in [4.78, 5) is 14.9. The topological polar surface area (TPSA) is 41.6 Å². The quantitative estimate of drug-likeness (QED) is 0.881. The number of benzene rings is 2. The van der Waals surface area contributed by atoms with Crippen molar-refractivity contribution in [2.24, 2.45) is 0 Å². The van der Waals surface area contributed by atoms with Crippen molar-refractivity contribution in [3.05, 3.63) is 71.8 Å². The van der Waals surface area contributed by atoms with E-state index in [0.29, 0.717) is 6.42 Å². The van der Waals surface area contributed by atoms with E-state index in [1.54, 1.807) is 0 Å². The van der Waals surface area contributed by atoms with Crippen LogP contribution in [0.25, 0.3) is 0 Å². The predicted octanol–water partition coefficient (Wildman–Crippen LogP) is 2.81. The van der Waals surface area contributed by atoms with E-state index in [1.807, 2.05) is 36.4 Å². The highest BCUT2D eigenvalue weighted by Crippen LogP contribution is 2.25. The molecule has 1 amide bonds. The fraction of sp³-hybridized carbons (Fsp3) is 0.381. The Kier molecular flexibility index (Phi) is 6.20. The minimum Gasteiger partial charge on any atom is -0.379 e. The Hall–Kier alpha value is -2.17. The lowest BCUT2D eigenvalue weighted by Gasteiger charge is -2.38. The number of rotatable bonds is 6. The highest BCUT2D eigenvalue weighted by molar-refractivity contribution is 5.78. The van der Waals surface area contributed by atoms with E-state index in [2.05, 4.69) is 41.4 Å². The van der Waals surface area contributed by atoms with Crippen LogP contribution in [0.4, 0.5) is 0 Å². The Labute approximate surface area is 149 Å². The van der Waals surface area contributed by atoms with Crippen LogP contribution in [0, 0.1) is 0 Å². The first-order valence-corrected chi connectivity index (χ1v) is 8.94. The van der Waals surface area contributed by atoms with Crippen molar-refractivity contribution < 1.29 is 9.53 Å². The van der Waals surface area contributed by atoms with Gasteiger partial charge in [0.2, 0.25) is 5.91 Å². The molecule has 25 heavy (non-hydrogen) atoms. The zero-order valence-corrected chi connectivity index (χ0v) is 14.7. The zero-order chi connectivity index (χ0) is 17.5. The average Bonchev–Trinajstić information content (AvgIpc) is 2.64. The molecule has 4 heteroatoms. The van der Waals surface area contributed by atoms with E-state index in [9.17, 15) is 4.79 Å². The molecule has 0 saturated carbocycles. The molecule has 1 fully saturated rings. The third kappa shape index (κ3) is 4.91. The van der Waals surface area contributed by atoms with E-state index in [0.717, 1.165) is 31.9 Å². The molecule has 0 bridgehead atoms. The Bertz CT molecular complexity index is 654. The highest BCUT2D eigenvalue weighted by Gasteiger charge is 2.28. The van der Waals surface area contributed by atoms with Crippen LogP contribution >= 0.6 is 0 Å². The second-order valence-corrected chi connectivity index (χ2v) is 6.52. The van der Waals surface area contributed by atoms with Crippen molar-refractivity contribution in [1.82, 2.24) is 10.2 Å². The van der Waals surface area contributed by atoms with Crippen LogP contribution in [0.1, 0.15) is 24.1 Å². The van der Waals surface area contributed by atoms with E-state index in [-0.39, 0.29) is 18.0 Å². The van der Waals surface area contributed by atoms with Gasteiger partial charge in [-0.05, 0) is 18.1 Å². The van der Waals surface area contributed by atoms with Crippen molar-refractivity contribution in [2.45, 2.75) is 25.4 Å². The summed E-state index contributed by atoms with van der Waals surface area (Å²) in [7, 11) is 0. The molecule has 1 saturated heterocycles. The zero-order valence-electron chi connectivity index (χ0n) is 14.7. The third-order valence-electron chi connectivity index (χ3n) is 4.65. The number of hydrogen-bond acceptors (Lipinski definition) is 3. The van der Waals surface area contributed by atoms with Gasteiger partial charge in [-0.15, -0.1) is 0 Å². The number of carbonyl (C=O) groups excluding carboxylic acids is 1. The number of carbonyl (C=O) groups is 1. The van der Waals surface area contributed by atoms with Gasteiger partial charge in [0.25, 0.3) is 0 Å².